The first-order valence-corrected chi connectivity index (χ1v) is 12.5. The van der Waals surface area contributed by atoms with E-state index in [9.17, 15) is 9.90 Å². The molecule has 3 heterocycles. The molecule has 1 aromatic carbocycles. The molecule has 1 spiro atoms. The highest BCUT2D eigenvalue weighted by atomic mass is 16.5. The number of aryl methyl sites for hydroxylation is 1. The quantitative estimate of drug-likeness (QED) is 0.744. The summed E-state index contributed by atoms with van der Waals surface area (Å²) >= 11 is 0. The van der Waals surface area contributed by atoms with Crippen LogP contribution in [0.25, 0.3) is 10.9 Å². The number of nitrogens with zero attached hydrogens (tertiary/aromatic N) is 3. The predicted molar refractivity (Wildman–Crippen MR) is 130 cm³/mol. The summed E-state index contributed by atoms with van der Waals surface area (Å²) < 4.78 is 7.70. The number of nitrogens with one attached hydrogen (secondary N) is 1. The zero-order valence-electron chi connectivity index (χ0n) is 20.3. The van der Waals surface area contributed by atoms with Crippen LogP contribution in [0.2, 0.25) is 0 Å². The third-order valence-corrected chi connectivity index (χ3v) is 8.46. The standard InChI is InChI=1S/C26H38N4O3/c1-28-13-11-26(12-14-28)17-30(25(32)27-18-7-5-4-6-8-18)22(16-31)24-23(26)20-10-9-19(33-3)15-21(20)29(24)2/h9-10,15,18,22,31H,4-8,11-14,16-17H2,1-3H3,(H,27,32)/t22-/m1/s1. The Kier molecular flexibility index (Phi) is 6.04. The van der Waals surface area contributed by atoms with E-state index >= 15 is 0 Å². The Morgan fingerprint density at radius 1 is 1.18 bits per heavy atom. The van der Waals surface area contributed by atoms with Gasteiger partial charge in [0.25, 0.3) is 0 Å². The number of carbonyl (C=O) groups is 1. The Hall–Kier alpha value is -2.25. The molecule has 180 valence electrons. The molecule has 5 rings (SSSR count). The molecule has 2 amide bonds. The lowest BCUT2D eigenvalue weighted by Gasteiger charge is -2.50. The van der Waals surface area contributed by atoms with Gasteiger partial charge in [0, 0.05) is 42.2 Å². The zero-order valence-corrected chi connectivity index (χ0v) is 20.3. The van der Waals surface area contributed by atoms with Crippen LogP contribution in [-0.2, 0) is 12.5 Å². The summed E-state index contributed by atoms with van der Waals surface area (Å²) in [6.07, 6.45) is 7.74. The number of hydrogen-bond acceptors (Lipinski definition) is 4. The largest absolute Gasteiger partial charge is 0.497 e. The van der Waals surface area contributed by atoms with E-state index in [0.717, 1.165) is 55.7 Å². The van der Waals surface area contributed by atoms with E-state index in [1.54, 1.807) is 7.11 Å². The number of piperidine rings is 1. The summed E-state index contributed by atoms with van der Waals surface area (Å²) in [6, 6.07) is 6.15. The van der Waals surface area contributed by atoms with Crippen molar-refractivity contribution < 1.29 is 14.6 Å². The second-order valence-corrected chi connectivity index (χ2v) is 10.4. The fourth-order valence-corrected chi connectivity index (χ4v) is 6.53. The van der Waals surface area contributed by atoms with Crippen LogP contribution in [0.15, 0.2) is 18.2 Å². The highest BCUT2D eigenvalue weighted by molar-refractivity contribution is 5.89. The van der Waals surface area contributed by atoms with Gasteiger partial charge in [-0.05, 0) is 63.5 Å². The van der Waals surface area contributed by atoms with Gasteiger partial charge in [-0.1, -0.05) is 19.3 Å². The maximum atomic E-state index is 13.6. The van der Waals surface area contributed by atoms with E-state index in [4.69, 9.17) is 4.74 Å². The fourth-order valence-electron chi connectivity index (χ4n) is 6.53. The Balaban J connectivity index is 1.61. The van der Waals surface area contributed by atoms with Gasteiger partial charge in [-0.3, -0.25) is 0 Å². The number of benzene rings is 1. The third-order valence-electron chi connectivity index (χ3n) is 8.46. The molecule has 7 nitrogen and oxygen atoms in total. The molecule has 1 aromatic heterocycles. The van der Waals surface area contributed by atoms with E-state index < -0.39 is 0 Å². The number of aliphatic hydroxyl groups excluding tert-OH is 1. The number of rotatable bonds is 3. The molecule has 1 atom stereocenters. The minimum Gasteiger partial charge on any atom is -0.497 e. The molecule has 1 saturated carbocycles. The first-order chi connectivity index (χ1) is 16.0. The highest BCUT2D eigenvalue weighted by Crippen LogP contribution is 2.50. The van der Waals surface area contributed by atoms with Gasteiger partial charge in [-0.25, -0.2) is 4.79 Å². The second-order valence-electron chi connectivity index (χ2n) is 10.4. The first kappa shape index (κ1) is 22.5. The van der Waals surface area contributed by atoms with E-state index in [-0.39, 0.29) is 30.1 Å². The molecule has 2 aromatic rings. The monoisotopic (exact) mass is 454 g/mol. The average molecular weight is 455 g/mol. The molecule has 7 heteroatoms. The molecule has 2 fully saturated rings. The van der Waals surface area contributed by atoms with E-state index in [0.29, 0.717) is 6.54 Å². The molecule has 0 bridgehead atoms. The molecule has 2 N–H and O–H groups in total. The summed E-state index contributed by atoms with van der Waals surface area (Å²) in [5.41, 5.74) is 3.41. The summed E-state index contributed by atoms with van der Waals surface area (Å²) in [6.45, 7) is 2.59. The van der Waals surface area contributed by atoms with Crippen molar-refractivity contribution in [2.75, 3.05) is 40.4 Å². The number of amides is 2. The van der Waals surface area contributed by atoms with Crippen LogP contribution in [0.5, 0.6) is 5.75 Å². The van der Waals surface area contributed by atoms with Crippen molar-refractivity contribution in [1.82, 2.24) is 19.7 Å². The van der Waals surface area contributed by atoms with Crippen molar-refractivity contribution in [2.24, 2.45) is 7.05 Å². The van der Waals surface area contributed by atoms with Gasteiger partial charge in [0.1, 0.15) is 5.75 Å². The molecule has 1 aliphatic carbocycles. The maximum Gasteiger partial charge on any atom is 0.318 e. The molecular formula is C26H38N4O3. The predicted octanol–water partition coefficient (Wildman–Crippen LogP) is 3.54. The van der Waals surface area contributed by atoms with Gasteiger partial charge in [0.15, 0.2) is 0 Å². The van der Waals surface area contributed by atoms with Crippen LogP contribution < -0.4 is 10.1 Å². The Bertz CT molecular complexity index is 1020. The van der Waals surface area contributed by atoms with Crippen LogP contribution in [0.3, 0.4) is 0 Å². The van der Waals surface area contributed by atoms with Crippen molar-refractivity contribution in [3.05, 3.63) is 29.5 Å². The third kappa shape index (κ3) is 3.79. The molecule has 0 radical (unpaired) electrons. The lowest BCUT2D eigenvalue weighted by Crippen LogP contribution is -2.58. The lowest BCUT2D eigenvalue weighted by molar-refractivity contribution is 0.0697. The van der Waals surface area contributed by atoms with Crippen molar-refractivity contribution in [1.29, 1.82) is 0 Å². The van der Waals surface area contributed by atoms with Crippen molar-refractivity contribution in [3.8, 4) is 5.75 Å². The number of carbonyl (C=O) groups excluding carboxylic acids is 1. The smallest absolute Gasteiger partial charge is 0.318 e. The number of urea groups is 1. The maximum absolute atomic E-state index is 13.6. The Morgan fingerprint density at radius 2 is 1.91 bits per heavy atom. The molecule has 2 aliphatic heterocycles. The summed E-state index contributed by atoms with van der Waals surface area (Å²) in [5, 5.41) is 15.1. The van der Waals surface area contributed by atoms with Crippen LogP contribution in [-0.4, -0.2) is 71.9 Å². The number of fused-ring (bicyclic) bond motifs is 4. The second kappa shape index (κ2) is 8.84. The van der Waals surface area contributed by atoms with Crippen LogP contribution in [0.1, 0.15) is 62.2 Å². The van der Waals surface area contributed by atoms with Gasteiger partial charge < -0.3 is 29.5 Å². The van der Waals surface area contributed by atoms with Crippen molar-refractivity contribution in [3.63, 3.8) is 0 Å². The van der Waals surface area contributed by atoms with Gasteiger partial charge in [0.05, 0.1) is 25.3 Å². The van der Waals surface area contributed by atoms with Crippen LogP contribution in [0, 0.1) is 0 Å². The number of ether oxygens (including phenoxy) is 1. The number of hydrogen-bond donors (Lipinski definition) is 2. The van der Waals surface area contributed by atoms with Gasteiger partial charge >= 0.3 is 6.03 Å². The summed E-state index contributed by atoms with van der Waals surface area (Å²) in [5.74, 6) is 0.824. The zero-order chi connectivity index (χ0) is 23.2. The molecule has 0 unspecified atom stereocenters. The first-order valence-electron chi connectivity index (χ1n) is 12.5. The summed E-state index contributed by atoms with van der Waals surface area (Å²) in [7, 11) is 5.93. The number of aromatic nitrogens is 1. The topological polar surface area (TPSA) is 70.0 Å². The number of aliphatic hydroxyl groups is 1. The molecule has 3 aliphatic rings. The molecular weight excluding hydrogens is 416 g/mol. The number of likely N-dealkylation sites (tertiary alicyclic amines) is 1. The van der Waals surface area contributed by atoms with Crippen LogP contribution >= 0.6 is 0 Å². The van der Waals surface area contributed by atoms with Gasteiger partial charge in [-0.15, -0.1) is 0 Å². The Labute approximate surface area is 196 Å². The van der Waals surface area contributed by atoms with Gasteiger partial charge in [0.2, 0.25) is 0 Å². The van der Waals surface area contributed by atoms with Crippen molar-refractivity contribution in [2.45, 2.75) is 62.4 Å². The van der Waals surface area contributed by atoms with Crippen LogP contribution in [0.4, 0.5) is 4.79 Å². The minimum absolute atomic E-state index is 0.0206. The minimum atomic E-state index is -0.350. The lowest BCUT2D eigenvalue weighted by atomic mass is 9.68. The molecule has 1 saturated heterocycles. The average Bonchev–Trinajstić information content (AvgIpc) is 3.14. The normalized spacial score (nSPS) is 23.6. The summed E-state index contributed by atoms with van der Waals surface area (Å²) in [4.78, 5) is 17.9. The number of methoxy groups -OCH3 is 1. The van der Waals surface area contributed by atoms with Crippen molar-refractivity contribution >= 4 is 16.9 Å². The highest BCUT2D eigenvalue weighted by Gasteiger charge is 2.49. The van der Waals surface area contributed by atoms with E-state index in [1.807, 2.05) is 11.0 Å². The SMILES string of the molecule is COc1ccc2c3c(n(C)c2c1)[C@@H](CO)N(C(=O)NC1CCCCC1)CC31CCN(C)CC1. The van der Waals surface area contributed by atoms with Gasteiger partial charge in [-0.2, -0.15) is 0 Å². The fraction of sp³-hybridized carbons (Fsp3) is 0.654. The molecule has 33 heavy (non-hydrogen) atoms. The van der Waals surface area contributed by atoms with E-state index in [2.05, 4.69) is 41.0 Å². The van der Waals surface area contributed by atoms with E-state index in [1.165, 1.54) is 30.2 Å². The Morgan fingerprint density at radius 3 is 2.58 bits per heavy atom.